The smallest absolute Gasteiger partial charge is 0.336 e. The topological polar surface area (TPSA) is 59.3 Å². The van der Waals surface area contributed by atoms with Crippen LogP contribution in [0.2, 0.25) is 0 Å². The molecule has 1 heterocycles. The number of carboxylic acid groups (broad SMARTS) is 1. The molecule has 0 fully saturated rings. The zero-order chi connectivity index (χ0) is 17.4. The summed E-state index contributed by atoms with van der Waals surface area (Å²) in [4.78, 5) is 23.8. The Morgan fingerprint density at radius 2 is 1.79 bits per heavy atom. The van der Waals surface area contributed by atoms with Crippen LogP contribution in [0, 0.1) is 19.7 Å². The first-order chi connectivity index (χ1) is 11.4. The first kappa shape index (κ1) is 15.9. The molecule has 0 aliphatic rings. The zero-order valence-corrected chi connectivity index (χ0v) is 13.3. The second-order valence-corrected chi connectivity index (χ2v) is 5.82. The Bertz CT molecular complexity index is 1000. The molecule has 0 saturated heterocycles. The molecule has 2 aromatic carbocycles. The summed E-state index contributed by atoms with van der Waals surface area (Å²) in [5, 5.41) is 10.1. The van der Waals surface area contributed by atoms with Crippen LogP contribution >= 0.6 is 0 Å². The number of fused-ring (bicyclic) bond motifs is 1. The maximum Gasteiger partial charge on any atom is 0.336 e. The Labute approximate surface area is 137 Å². The number of aromatic carboxylic acids is 1. The maximum atomic E-state index is 13.1. The second-order valence-electron chi connectivity index (χ2n) is 5.82. The average molecular weight is 325 g/mol. The Kier molecular flexibility index (Phi) is 3.93. The number of carboxylic acids is 1. The van der Waals surface area contributed by atoms with Crippen molar-refractivity contribution in [3.05, 3.63) is 80.9 Å². The van der Waals surface area contributed by atoms with Crippen molar-refractivity contribution in [2.75, 3.05) is 0 Å². The van der Waals surface area contributed by atoms with Crippen molar-refractivity contribution in [3.8, 4) is 0 Å². The van der Waals surface area contributed by atoms with E-state index in [0.717, 1.165) is 10.9 Å². The number of benzene rings is 2. The monoisotopic (exact) mass is 325 g/mol. The van der Waals surface area contributed by atoms with Gasteiger partial charge in [0.2, 0.25) is 0 Å². The van der Waals surface area contributed by atoms with Crippen LogP contribution in [0.1, 0.15) is 27.0 Å². The first-order valence-electron chi connectivity index (χ1n) is 7.50. The van der Waals surface area contributed by atoms with E-state index in [1.165, 1.54) is 18.2 Å². The molecule has 5 heteroatoms. The number of nitrogens with zero attached hydrogens (tertiary/aromatic N) is 1. The number of hydrogen-bond acceptors (Lipinski definition) is 2. The fourth-order valence-corrected chi connectivity index (χ4v) is 3.04. The van der Waals surface area contributed by atoms with E-state index >= 15 is 0 Å². The summed E-state index contributed by atoms with van der Waals surface area (Å²) >= 11 is 0. The van der Waals surface area contributed by atoms with Crippen molar-refractivity contribution >= 4 is 16.9 Å². The van der Waals surface area contributed by atoms with Gasteiger partial charge in [-0.1, -0.05) is 12.1 Å². The molecule has 122 valence electrons. The molecule has 3 rings (SSSR count). The molecule has 0 aliphatic carbocycles. The van der Waals surface area contributed by atoms with Gasteiger partial charge in [-0.25, -0.2) is 9.18 Å². The molecule has 4 nitrogen and oxygen atoms in total. The lowest BCUT2D eigenvalue weighted by Gasteiger charge is -2.15. The van der Waals surface area contributed by atoms with E-state index in [2.05, 4.69) is 0 Å². The van der Waals surface area contributed by atoms with Gasteiger partial charge in [-0.15, -0.1) is 0 Å². The van der Waals surface area contributed by atoms with Crippen LogP contribution < -0.4 is 5.56 Å². The molecule has 0 unspecified atom stereocenters. The third-order valence-corrected chi connectivity index (χ3v) is 4.22. The van der Waals surface area contributed by atoms with E-state index in [0.29, 0.717) is 23.2 Å². The summed E-state index contributed by atoms with van der Waals surface area (Å²) in [5.41, 5.74) is 2.77. The largest absolute Gasteiger partial charge is 0.478 e. The molecule has 3 aromatic rings. The number of pyridine rings is 1. The summed E-state index contributed by atoms with van der Waals surface area (Å²) < 4.78 is 14.6. The van der Waals surface area contributed by atoms with Gasteiger partial charge < -0.3 is 9.67 Å². The average Bonchev–Trinajstić information content (AvgIpc) is 2.52. The Balaban J connectivity index is 2.24. The molecule has 0 bridgehead atoms. The van der Waals surface area contributed by atoms with Gasteiger partial charge in [0.05, 0.1) is 17.6 Å². The minimum atomic E-state index is -0.983. The highest BCUT2D eigenvalue weighted by Gasteiger charge is 2.16. The minimum Gasteiger partial charge on any atom is -0.478 e. The number of rotatable bonds is 3. The molecule has 1 aromatic heterocycles. The van der Waals surface area contributed by atoms with Crippen molar-refractivity contribution in [1.29, 1.82) is 0 Å². The fraction of sp³-hybridized carbons (Fsp3) is 0.158. The maximum absolute atomic E-state index is 13.1. The Morgan fingerprint density at radius 3 is 2.42 bits per heavy atom. The lowest BCUT2D eigenvalue weighted by molar-refractivity contribution is 0.0695. The van der Waals surface area contributed by atoms with Crippen molar-refractivity contribution in [2.45, 2.75) is 20.4 Å². The normalized spacial score (nSPS) is 11.0. The van der Waals surface area contributed by atoms with E-state index in [4.69, 9.17) is 0 Å². The van der Waals surface area contributed by atoms with Gasteiger partial charge in [-0.3, -0.25) is 4.79 Å². The van der Waals surface area contributed by atoms with E-state index in [1.54, 1.807) is 42.7 Å². The van der Waals surface area contributed by atoms with Gasteiger partial charge in [0.15, 0.2) is 0 Å². The van der Waals surface area contributed by atoms with Crippen LogP contribution in [-0.2, 0) is 6.54 Å². The van der Waals surface area contributed by atoms with Gasteiger partial charge in [-0.2, -0.15) is 0 Å². The SMILES string of the molecule is Cc1cc2c(ccc(=O)n2Cc2ccc(F)cc2)c(C)c1C(=O)O. The van der Waals surface area contributed by atoms with Crippen molar-refractivity contribution in [2.24, 2.45) is 0 Å². The van der Waals surface area contributed by atoms with Gasteiger partial charge in [0.25, 0.3) is 5.56 Å². The summed E-state index contributed by atoms with van der Waals surface area (Å²) in [7, 11) is 0. The van der Waals surface area contributed by atoms with E-state index in [-0.39, 0.29) is 16.9 Å². The van der Waals surface area contributed by atoms with Gasteiger partial charge >= 0.3 is 5.97 Å². The van der Waals surface area contributed by atoms with Crippen molar-refractivity contribution < 1.29 is 14.3 Å². The molecular formula is C19H16FNO3. The van der Waals surface area contributed by atoms with Crippen LogP contribution in [0.25, 0.3) is 10.9 Å². The molecule has 0 atom stereocenters. The molecule has 0 radical (unpaired) electrons. The minimum absolute atomic E-state index is 0.186. The molecule has 1 N–H and O–H groups in total. The van der Waals surface area contributed by atoms with Crippen molar-refractivity contribution in [3.63, 3.8) is 0 Å². The van der Waals surface area contributed by atoms with E-state index in [9.17, 15) is 19.1 Å². The number of hydrogen-bond donors (Lipinski definition) is 1. The van der Waals surface area contributed by atoms with E-state index in [1.807, 2.05) is 0 Å². The third kappa shape index (κ3) is 2.69. The molecule has 0 aliphatic heterocycles. The number of aryl methyl sites for hydroxylation is 2. The number of carbonyl (C=O) groups is 1. The standard InChI is InChI=1S/C19H16FNO3/c1-11-9-16-15(12(2)18(11)19(23)24)7-8-17(22)21(16)10-13-3-5-14(20)6-4-13/h3-9H,10H2,1-2H3,(H,23,24). The van der Waals surface area contributed by atoms with Gasteiger partial charge in [0, 0.05) is 11.5 Å². The zero-order valence-electron chi connectivity index (χ0n) is 13.3. The van der Waals surface area contributed by atoms with Crippen LogP contribution in [0.15, 0.2) is 47.3 Å². The number of aromatic nitrogens is 1. The summed E-state index contributed by atoms with van der Waals surface area (Å²) in [6, 6.07) is 10.8. The first-order valence-corrected chi connectivity index (χ1v) is 7.50. The van der Waals surface area contributed by atoms with Crippen LogP contribution in [-0.4, -0.2) is 15.6 Å². The molecule has 0 spiro atoms. The van der Waals surface area contributed by atoms with Crippen LogP contribution in [0.5, 0.6) is 0 Å². The van der Waals surface area contributed by atoms with Crippen LogP contribution in [0.4, 0.5) is 4.39 Å². The van der Waals surface area contributed by atoms with Gasteiger partial charge in [-0.05, 0) is 54.8 Å². The second kappa shape index (κ2) is 5.92. The summed E-state index contributed by atoms with van der Waals surface area (Å²) in [5.74, 6) is -1.31. The predicted octanol–water partition coefficient (Wildman–Crippen LogP) is 3.50. The Morgan fingerprint density at radius 1 is 1.12 bits per heavy atom. The summed E-state index contributed by atoms with van der Waals surface area (Å²) in [6.45, 7) is 3.75. The van der Waals surface area contributed by atoms with Crippen LogP contribution in [0.3, 0.4) is 0 Å². The van der Waals surface area contributed by atoms with Crippen molar-refractivity contribution in [1.82, 2.24) is 4.57 Å². The summed E-state index contributed by atoms with van der Waals surface area (Å²) in [6.07, 6.45) is 0. The highest BCUT2D eigenvalue weighted by molar-refractivity contribution is 5.98. The lowest BCUT2D eigenvalue weighted by atomic mass is 9.98. The predicted molar refractivity (Wildman–Crippen MR) is 90.1 cm³/mol. The highest BCUT2D eigenvalue weighted by Crippen LogP contribution is 2.25. The molecular weight excluding hydrogens is 309 g/mol. The lowest BCUT2D eigenvalue weighted by Crippen LogP contribution is -2.21. The molecule has 24 heavy (non-hydrogen) atoms. The van der Waals surface area contributed by atoms with E-state index < -0.39 is 5.97 Å². The van der Waals surface area contributed by atoms with Gasteiger partial charge in [0.1, 0.15) is 5.82 Å². The third-order valence-electron chi connectivity index (χ3n) is 4.22. The fourth-order valence-electron chi connectivity index (χ4n) is 3.04. The molecule has 0 saturated carbocycles. The quantitative estimate of drug-likeness (QED) is 0.802. The highest BCUT2D eigenvalue weighted by atomic mass is 19.1. The number of halogens is 1. The molecule has 0 amide bonds. The Hall–Kier alpha value is -2.95.